The van der Waals surface area contributed by atoms with Crippen molar-refractivity contribution in [1.29, 1.82) is 0 Å². The van der Waals surface area contributed by atoms with Gasteiger partial charge in [-0.1, -0.05) is 12.1 Å². The number of benzene rings is 2. The first kappa shape index (κ1) is 17.0. The maximum atomic E-state index is 13.6. The lowest BCUT2D eigenvalue weighted by molar-refractivity contribution is -0.117. The standard InChI is InChI=1S/C16H13F2N3O3S/c1-9(16(22)20-13-7-6-10(17)8-12(13)18)19-15-11-4-2-3-5-14(11)25(23,24)21-15/h2-9H,1H3,(H,19,21)(H,20,22)/t9-/m0/s1. The largest absolute Gasteiger partial charge is 0.322 e. The van der Waals surface area contributed by atoms with Crippen molar-refractivity contribution in [3.05, 3.63) is 59.7 Å². The van der Waals surface area contributed by atoms with Crippen molar-refractivity contribution in [2.75, 3.05) is 5.32 Å². The van der Waals surface area contributed by atoms with Crippen LogP contribution in [-0.2, 0) is 14.8 Å². The van der Waals surface area contributed by atoms with Crippen LogP contribution in [-0.4, -0.2) is 26.2 Å². The molecule has 0 aliphatic carbocycles. The molecule has 25 heavy (non-hydrogen) atoms. The Labute approximate surface area is 142 Å². The molecule has 9 heteroatoms. The average Bonchev–Trinajstić information content (AvgIpc) is 2.81. The molecule has 0 saturated heterocycles. The smallest absolute Gasteiger partial charge is 0.263 e. The van der Waals surface area contributed by atoms with Crippen LogP contribution >= 0.6 is 0 Å². The van der Waals surface area contributed by atoms with Gasteiger partial charge in [0.15, 0.2) is 0 Å². The maximum absolute atomic E-state index is 13.6. The van der Waals surface area contributed by atoms with Crippen LogP contribution in [0.4, 0.5) is 14.5 Å². The molecular weight excluding hydrogens is 352 g/mol. The van der Waals surface area contributed by atoms with E-state index in [0.717, 1.165) is 12.1 Å². The molecule has 1 aliphatic rings. The third-order valence-electron chi connectivity index (χ3n) is 3.55. The van der Waals surface area contributed by atoms with Gasteiger partial charge in [-0.15, -0.1) is 0 Å². The summed E-state index contributed by atoms with van der Waals surface area (Å²) in [5.74, 6) is -2.31. The van der Waals surface area contributed by atoms with E-state index in [1.807, 2.05) is 0 Å². The van der Waals surface area contributed by atoms with Crippen LogP contribution in [0.2, 0.25) is 0 Å². The third kappa shape index (κ3) is 3.36. The van der Waals surface area contributed by atoms with E-state index < -0.39 is 33.6 Å². The monoisotopic (exact) mass is 365 g/mol. The summed E-state index contributed by atoms with van der Waals surface area (Å²) in [4.78, 5) is 16.3. The molecule has 6 nitrogen and oxygen atoms in total. The number of aliphatic imine (C=N–C) groups is 1. The van der Waals surface area contributed by atoms with E-state index in [0.29, 0.717) is 11.6 Å². The quantitative estimate of drug-likeness (QED) is 0.872. The van der Waals surface area contributed by atoms with Gasteiger partial charge in [-0.2, -0.15) is 0 Å². The number of carbonyl (C=O) groups is 1. The van der Waals surface area contributed by atoms with Crippen molar-refractivity contribution in [3.63, 3.8) is 0 Å². The zero-order valence-electron chi connectivity index (χ0n) is 13.0. The molecule has 3 rings (SSSR count). The van der Waals surface area contributed by atoms with Crippen molar-refractivity contribution in [1.82, 2.24) is 4.72 Å². The van der Waals surface area contributed by atoms with Gasteiger partial charge in [0.1, 0.15) is 23.5 Å². The summed E-state index contributed by atoms with van der Waals surface area (Å²) in [5.41, 5.74) is 0.168. The average molecular weight is 365 g/mol. The second-order valence-corrected chi connectivity index (χ2v) is 7.02. The number of carbonyl (C=O) groups excluding carboxylic acids is 1. The summed E-state index contributed by atoms with van der Waals surface area (Å²) in [6.45, 7) is 1.43. The van der Waals surface area contributed by atoms with E-state index in [-0.39, 0.29) is 16.4 Å². The Morgan fingerprint density at radius 2 is 1.92 bits per heavy atom. The highest BCUT2D eigenvalue weighted by Gasteiger charge is 2.31. The fourth-order valence-electron chi connectivity index (χ4n) is 2.31. The van der Waals surface area contributed by atoms with Crippen LogP contribution in [0.3, 0.4) is 0 Å². The third-order valence-corrected chi connectivity index (χ3v) is 4.95. The number of sulfonamides is 1. The van der Waals surface area contributed by atoms with Gasteiger partial charge in [-0.3, -0.25) is 14.5 Å². The van der Waals surface area contributed by atoms with E-state index in [1.165, 1.54) is 13.0 Å². The number of amides is 1. The van der Waals surface area contributed by atoms with E-state index in [9.17, 15) is 22.0 Å². The number of nitrogens with zero attached hydrogens (tertiary/aromatic N) is 1. The van der Waals surface area contributed by atoms with Gasteiger partial charge in [-0.05, 0) is 31.2 Å². The number of hydrogen-bond donors (Lipinski definition) is 2. The lowest BCUT2D eigenvalue weighted by atomic mass is 10.2. The first-order valence-corrected chi connectivity index (χ1v) is 8.72. The highest BCUT2D eigenvalue weighted by atomic mass is 32.2. The molecule has 0 aromatic heterocycles. The minimum Gasteiger partial charge on any atom is -0.322 e. The first-order chi connectivity index (χ1) is 11.8. The predicted octanol–water partition coefficient (Wildman–Crippen LogP) is 2.03. The summed E-state index contributed by atoms with van der Waals surface area (Å²) in [6, 6.07) is 7.96. The van der Waals surface area contributed by atoms with Gasteiger partial charge in [0.25, 0.3) is 10.0 Å². The predicted molar refractivity (Wildman–Crippen MR) is 87.8 cm³/mol. The molecule has 0 radical (unpaired) electrons. The fourth-order valence-corrected chi connectivity index (χ4v) is 3.55. The fraction of sp³-hybridized carbons (Fsp3) is 0.125. The Kier molecular flexibility index (Phi) is 4.25. The molecule has 0 spiro atoms. The highest BCUT2D eigenvalue weighted by molar-refractivity contribution is 7.90. The first-order valence-electron chi connectivity index (χ1n) is 7.24. The molecule has 130 valence electrons. The molecule has 0 fully saturated rings. The lowest BCUT2D eigenvalue weighted by Gasteiger charge is -2.10. The van der Waals surface area contributed by atoms with Gasteiger partial charge in [0.2, 0.25) is 5.91 Å². The summed E-state index contributed by atoms with van der Waals surface area (Å²) < 4.78 is 52.8. The molecule has 2 aromatic carbocycles. The Bertz CT molecular complexity index is 990. The van der Waals surface area contributed by atoms with Crippen molar-refractivity contribution >= 4 is 27.5 Å². The van der Waals surface area contributed by atoms with Crippen molar-refractivity contribution in [3.8, 4) is 0 Å². The summed E-state index contributed by atoms with van der Waals surface area (Å²) >= 11 is 0. The number of hydrogen-bond acceptors (Lipinski definition) is 4. The number of amidine groups is 1. The normalized spacial score (nSPS) is 17.6. The SMILES string of the molecule is C[C@H](N=C1NS(=O)(=O)c2ccccc21)C(=O)Nc1ccc(F)cc1F. The second-order valence-electron chi connectivity index (χ2n) is 5.37. The van der Waals surface area contributed by atoms with E-state index in [4.69, 9.17) is 0 Å². The Hall–Kier alpha value is -2.81. The molecule has 1 aliphatic heterocycles. The van der Waals surface area contributed by atoms with E-state index in [1.54, 1.807) is 18.2 Å². The highest BCUT2D eigenvalue weighted by Crippen LogP contribution is 2.23. The van der Waals surface area contributed by atoms with Crippen molar-refractivity contribution in [2.45, 2.75) is 17.9 Å². The minimum atomic E-state index is -3.71. The molecule has 0 bridgehead atoms. The van der Waals surface area contributed by atoms with Crippen LogP contribution in [0.1, 0.15) is 12.5 Å². The molecule has 1 amide bonds. The summed E-state index contributed by atoms with van der Waals surface area (Å²) in [6.07, 6.45) is 0. The van der Waals surface area contributed by atoms with Crippen LogP contribution in [0.25, 0.3) is 0 Å². The molecular formula is C16H13F2N3O3S. The lowest BCUT2D eigenvalue weighted by Crippen LogP contribution is -2.29. The van der Waals surface area contributed by atoms with Gasteiger partial charge in [0, 0.05) is 11.6 Å². The van der Waals surface area contributed by atoms with Crippen LogP contribution in [0.5, 0.6) is 0 Å². The maximum Gasteiger partial charge on any atom is 0.263 e. The molecule has 2 aromatic rings. The van der Waals surface area contributed by atoms with Gasteiger partial charge >= 0.3 is 0 Å². The van der Waals surface area contributed by atoms with Crippen LogP contribution < -0.4 is 10.0 Å². The zero-order valence-corrected chi connectivity index (χ0v) is 13.8. The Balaban J connectivity index is 1.83. The zero-order chi connectivity index (χ0) is 18.2. The Morgan fingerprint density at radius 1 is 1.20 bits per heavy atom. The summed E-state index contributed by atoms with van der Waals surface area (Å²) in [5, 5.41) is 2.29. The number of rotatable bonds is 3. The van der Waals surface area contributed by atoms with Crippen LogP contribution in [0, 0.1) is 11.6 Å². The summed E-state index contributed by atoms with van der Waals surface area (Å²) in [7, 11) is -3.71. The topological polar surface area (TPSA) is 87.6 Å². The van der Waals surface area contributed by atoms with Crippen molar-refractivity contribution in [2.24, 2.45) is 4.99 Å². The number of halogens is 2. The molecule has 0 unspecified atom stereocenters. The van der Waals surface area contributed by atoms with Crippen LogP contribution in [0.15, 0.2) is 52.4 Å². The second kappa shape index (κ2) is 6.25. The van der Waals surface area contributed by atoms with Gasteiger partial charge in [-0.25, -0.2) is 17.2 Å². The van der Waals surface area contributed by atoms with Gasteiger partial charge in [0.05, 0.1) is 10.6 Å². The van der Waals surface area contributed by atoms with E-state index in [2.05, 4.69) is 15.0 Å². The van der Waals surface area contributed by atoms with Crippen molar-refractivity contribution < 1.29 is 22.0 Å². The molecule has 2 N–H and O–H groups in total. The number of fused-ring (bicyclic) bond motifs is 1. The molecule has 0 saturated carbocycles. The molecule has 1 atom stereocenters. The van der Waals surface area contributed by atoms with E-state index >= 15 is 0 Å². The molecule has 1 heterocycles. The number of anilines is 1. The Morgan fingerprint density at radius 3 is 2.64 bits per heavy atom. The minimum absolute atomic E-state index is 0.0397. The van der Waals surface area contributed by atoms with Gasteiger partial charge < -0.3 is 5.32 Å². The number of nitrogens with one attached hydrogen (secondary N) is 2.